The van der Waals surface area contributed by atoms with Gasteiger partial charge in [0.25, 0.3) is 10.1 Å². The standard InChI is InChI=1S/C32H34ClN11O6S3.C2H6/c1-5-51(45)17-15-36-29-27(20(3)24(19-34)28(39-29)35-14-7-16-50-4)44-43-25-18-22(10-13-26(25)53(47,48)49)38-32-41-30(33)40-31(42-32)37-21-8-11-23(12-9-21)52(46)6-2;1-2/h5-6,8-13,18H,1-2,7,14-17H2,3-4H3,(H2,35,36,39)(H,47,48,49)(H2,37,38,40,41,42);1-2H3. The molecule has 4 aromatic rings. The minimum Gasteiger partial charge on any atom is -0.385 e. The Kier molecular flexibility index (Phi) is 17.4. The number of ether oxygens (including phenoxy) is 1. The Morgan fingerprint density at radius 1 is 0.945 bits per heavy atom. The first-order valence-electron chi connectivity index (χ1n) is 16.4. The van der Waals surface area contributed by atoms with Crippen LogP contribution in [0.4, 0.5) is 46.3 Å². The average molecular weight is 830 g/mol. The van der Waals surface area contributed by atoms with Crippen LogP contribution >= 0.6 is 11.6 Å². The van der Waals surface area contributed by atoms with E-state index in [0.29, 0.717) is 35.7 Å². The lowest BCUT2D eigenvalue weighted by Crippen LogP contribution is -2.14. The smallest absolute Gasteiger partial charge is 0.296 e. The molecule has 0 aliphatic heterocycles. The third-order valence-electron chi connectivity index (χ3n) is 6.98. The van der Waals surface area contributed by atoms with Gasteiger partial charge in [-0.25, -0.2) is 9.19 Å². The molecule has 0 aliphatic rings. The van der Waals surface area contributed by atoms with Crippen molar-refractivity contribution in [2.24, 2.45) is 10.2 Å². The summed E-state index contributed by atoms with van der Waals surface area (Å²) in [4.78, 5) is 17.0. The van der Waals surface area contributed by atoms with Crippen molar-refractivity contribution in [2.75, 3.05) is 53.8 Å². The molecule has 0 saturated heterocycles. The van der Waals surface area contributed by atoms with Crippen molar-refractivity contribution in [3.05, 3.63) is 82.8 Å². The maximum atomic E-state index is 12.4. The Labute approximate surface area is 329 Å². The molecule has 21 heteroatoms. The van der Waals surface area contributed by atoms with Crippen molar-refractivity contribution in [3.8, 4) is 6.07 Å². The second-order valence-electron chi connectivity index (χ2n) is 10.6. The molecular weight excluding hydrogens is 790 g/mol. The highest BCUT2D eigenvalue weighted by Gasteiger charge is 2.20. The van der Waals surface area contributed by atoms with Gasteiger partial charge in [-0.2, -0.15) is 28.6 Å². The van der Waals surface area contributed by atoms with E-state index in [1.165, 1.54) is 22.9 Å². The predicted octanol–water partition coefficient (Wildman–Crippen LogP) is 7.28. The molecule has 0 amide bonds. The first-order valence-corrected chi connectivity index (χ1v) is 20.8. The summed E-state index contributed by atoms with van der Waals surface area (Å²) >= 11 is 6.17. The van der Waals surface area contributed by atoms with Crippen molar-refractivity contribution < 1.29 is 26.1 Å². The number of nitriles is 1. The maximum Gasteiger partial charge on any atom is 0.296 e. The Bertz CT molecular complexity index is 2220. The topological polar surface area (TPSA) is 246 Å². The highest BCUT2D eigenvalue weighted by molar-refractivity contribution is 7.88. The Balaban J connectivity index is 0.00000399. The van der Waals surface area contributed by atoms with Gasteiger partial charge < -0.3 is 26.0 Å². The van der Waals surface area contributed by atoms with Gasteiger partial charge in [-0.3, -0.25) is 8.76 Å². The number of methoxy groups -OCH3 is 1. The van der Waals surface area contributed by atoms with Gasteiger partial charge in [0.1, 0.15) is 28.2 Å². The lowest BCUT2D eigenvalue weighted by molar-refractivity contribution is 0.198. The van der Waals surface area contributed by atoms with E-state index in [1.807, 2.05) is 13.8 Å². The maximum absolute atomic E-state index is 12.4. The van der Waals surface area contributed by atoms with Crippen LogP contribution in [-0.4, -0.2) is 73.9 Å². The van der Waals surface area contributed by atoms with Crippen LogP contribution in [0.1, 0.15) is 31.4 Å². The highest BCUT2D eigenvalue weighted by Crippen LogP contribution is 2.37. The molecular formula is C34H40ClN11O6S3. The fourth-order valence-corrected chi connectivity index (χ4v) is 6.30. The number of hydrogen-bond donors (Lipinski definition) is 5. The van der Waals surface area contributed by atoms with Crippen LogP contribution in [0.25, 0.3) is 0 Å². The first kappa shape index (κ1) is 44.2. The van der Waals surface area contributed by atoms with Gasteiger partial charge in [-0.1, -0.05) is 27.0 Å². The van der Waals surface area contributed by atoms with E-state index >= 15 is 0 Å². The van der Waals surface area contributed by atoms with Gasteiger partial charge in [0.15, 0.2) is 5.82 Å². The van der Waals surface area contributed by atoms with Crippen molar-refractivity contribution in [1.82, 2.24) is 19.9 Å². The summed E-state index contributed by atoms with van der Waals surface area (Å²) in [6.07, 6.45) is 0.635. The zero-order valence-electron chi connectivity index (χ0n) is 30.4. The summed E-state index contributed by atoms with van der Waals surface area (Å²) in [6.45, 7) is 13.8. The molecule has 2 heterocycles. The van der Waals surface area contributed by atoms with Crippen LogP contribution in [0.2, 0.25) is 5.28 Å². The Hall–Kier alpha value is -5.17. The zero-order valence-corrected chi connectivity index (χ0v) is 33.6. The SMILES string of the molecule is C=CS(=O)CCNc1nc(NCCCOC)c(C#N)c(C)c1N=Nc1cc(Nc2nc(Cl)nc(Nc3ccc(S(=O)C=C)cc3)n2)ccc1S(=O)(=O)O.CC. The molecule has 4 rings (SSSR count). The number of rotatable bonds is 19. The Morgan fingerprint density at radius 3 is 2.18 bits per heavy atom. The fraction of sp³-hybridized carbons (Fsp3) is 0.265. The van der Waals surface area contributed by atoms with Crippen LogP contribution in [0.3, 0.4) is 0 Å². The summed E-state index contributed by atoms with van der Waals surface area (Å²) in [5.41, 5.74) is 1.12. The number of hydrogen-bond acceptors (Lipinski definition) is 16. The predicted molar refractivity (Wildman–Crippen MR) is 217 cm³/mol. The normalized spacial score (nSPS) is 12.1. The molecule has 5 N–H and O–H groups in total. The van der Waals surface area contributed by atoms with Crippen LogP contribution < -0.4 is 21.3 Å². The number of benzene rings is 2. The third-order valence-corrected chi connectivity index (χ3v) is 10.1. The third kappa shape index (κ3) is 13.0. The second-order valence-corrected chi connectivity index (χ2v) is 15.2. The number of anilines is 6. The largest absolute Gasteiger partial charge is 0.385 e. The minimum absolute atomic E-state index is 0.0323. The van der Waals surface area contributed by atoms with Gasteiger partial charge in [-0.15, -0.1) is 10.2 Å². The molecule has 17 nitrogen and oxygen atoms in total. The molecule has 0 radical (unpaired) electrons. The van der Waals surface area contributed by atoms with E-state index in [1.54, 1.807) is 38.3 Å². The summed E-state index contributed by atoms with van der Waals surface area (Å²) in [5, 5.41) is 32.9. The minimum atomic E-state index is -4.79. The molecule has 55 heavy (non-hydrogen) atoms. The van der Waals surface area contributed by atoms with Crippen molar-refractivity contribution >= 4 is 89.6 Å². The molecule has 0 spiro atoms. The van der Waals surface area contributed by atoms with E-state index < -0.39 is 36.6 Å². The lowest BCUT2D eigenvalue weighted by Gasteiger charge is -2.15. The Morgan fingerprint density at radius 2 is 1.58 bits per heavy atom. The summed E-state index contributed by atoms with van der Waals surface area (Å²) in [5.74, 6) is 0.662. The molecule has 0 aliphatic carbocycles. The number of aromatic nitrogens is 4. The van der Waals surface area contributed by atoms with Gasteiger partial charge >= 0.3 is 0 Å². The van der Waals surface area contributed by atoms with E-state index in [-0.39, 0.29) is 63.7 Å². The number of halogens is 1. The number of pyridine rings is 1. The van der Waals surface area contributed by atoms with Crippen LogP contribution in [0.15, 0.2) is 86.5 Å². The van der Waals surface area contributed by atoms with Gasteiger partial charge in [0, 0.05) is 70.6 Å². The van der Waals surface area contributed by atoms with Crippen molar-refractivity contribution in [3.63, 3.8) is 0 Å². The van der Waals surface area contributed by atoms with Gasteiger partial charge in [0.2, 0.25) is 17.2 Å². The molecule has 0 bridgehead atoms. The van der Waals surface area contributed by atoms with Crippen LogP contribution in [-0.2, 0) is 36.5 Å². The van der Waals surface area contributed by atoms with Crippen molar-refractivity contribution in [1.29, 1.82) is 5.26 Å². The number of nitrogens with zero attached hydrogens (tertiary/aromatic N) is 7. The molecule has 0 fully saturated rings. The molecule has 0 saturated carbocycles. The highest BCUT2D eigenvalue weighted by atomic mass is 35.5. The van der Waals surface area contributed by atoms with E-state index in [0.717, 1.165) is 6.07 Å². The first-order chi connectivity index (χ1) is 26.4. The molecule has 292 valence electrons. The summed E-state index contributed by atoms with van der Waals surface area (Å²) in [7, 11) is -5.88. The second kappa shape index (κ2) is 21.7. The van der Waals surface area contributed by atoms with E-state index in [2.05, 4.69) is 70.7 Å². The zero-order chi connectivity index (χ0) is 40.5. The average Bonchev–Trinajstić information content (AvgIpc) is 3.16. The molecule has 2 aromatic heterocycles. The molecule has 2 unspecified atom stereocenters. The van der Waals surface area contributed by atoms with Crippen LogP contribution in [0, 0.1) is 18.3 Å². The van der Waals surface area contributed by atoms with E-state index in [9.17, 15) is 26.7 Å². The number of nitrogens with one attached hydrogen (secondary N) is 4. The summed E-state index contributed by atoms with van der Waals surface area (Å²) < 4.78 is 63.8. The fourth-order valence-electron chi connectivity index (χ4n) is 4.47. The monoisotopic (exact) mass is 829 g/mol. The summed E-state index contributed by atoms with van der Waals surface area (Å²) in [6, 6.07) is 12.5. The molecule has 2 atom stereocenters. The van der Waals surface area contributed by atoms with Gasteiger partial charge in [0.05, 0.1) is 16.4 Å². The van der Waals surface area contributed by atoms with Crippen LogP contribution in [0.5, 0.6) is 0 Å². The molecule has 2 aromatic carbocycles. The lowest BCUT2D eigenvalue weighted by atomic mass is 10.1. The van der Waals surface area contributed by atoms with E-state index in [4.69, 9.17) is 16.3 Å². The van der Waals surface area contributed by atoms with Gasteiger partial charge in [-0.05, 0) is 72.8 Å². The quantitative estimate of drug-likeness (QED) is 0.0354. The number of azo groups is 1. The van der Waals surface area contributed by atoms with Crippen molar-refractivity contribution in [2.45, 2.75) is 37.0 Å².